The van der Waals surface area contributed by atoms with Crippen molar-refractivity contribution in [1.29, 1.82) is 0 Å². The van der Waals surface area contributed by atoms with Crippen LogP contribution in [-0.4, -0.2) is 35.6 Å². The highest BCUT2D eigenvalue weighted by molar-refractivity contribution is 5.02. The molecule has 0 spiro atoms. The third-order valence-electron chi connectivity index (χ3n) is 2.87. The molecule has 1 aliphatic heterocycles. The number of ether oxygens (including phenoxy) is 1. The van der Waals surface area contributed by atoms with Crippen LogP contribution in [-0.2, 0) is 11.3 Å². The molecule has 17 heavy (non-hydrogen) atoms. The van der Waals surface area contributed by atoms with Crippen molar-refractivity contribution in [2.75, 3.05) is 19.6 Å². The van der Waals surface area contributed by atoms with Gasteiger partial charge >= 0.3 is 0 Å². The zero-order valence-corrected chi connectivity index (χ0v) is 11.2. The van der Waals surface area contributed by atoms with Crippen LogP contribution in [0.1, 0.15) is 32.9 Å². The summed E-state index contributed by atoms with van der Waals surface area (Å²) in [5.74, 6) is 0. The minimum Gasteiger partial charge on any atom is -0.371 e. The van der Waals surface area contributed by atoms with Crippen molar-refractivity contribution in [3.63, 3.8) is 0 Å². The Morgan fingerprint density at radius 3 is 2.82 bits per heavy atom. The highest BCUT2D eigenvalue weighted by Gasteiger charge is 2.21. The van der Waals surface area contributed by atoms with Gasteiger partial charge in [-0.25, -0.2) is 0 Å². The molecule has 3 heteroatoms. The van der Waals surface area contributed by atoms with Crippen molar-refractivity contribution in [3.05, 3.63) is 30.1 Å². The average molecular weight is 236 g/mol. The van der Waals surface area contributed by atoms with Crippen molar-refractivity contribution >= 4 is 0 Å². The summed E-state index contributed by atoms with van der Waals surface area (Å²) in [6, 6.07) is 5.93. The lowest BCUT2D eigenvalue weighted by molar-refractivity contribution is 0.0452. The van der Waals surface area contributed by atoms with E-state index in [4.69, 9.17) is 4.74 Å². The lowest BCUT2D eigenvalue weighted by Crippen LogP contribution is -2.22. The van der Waals surface area contributed by atoms with E-state index in [9.17, 15) is 0 Å². The molecule has 96 valence electrons. The predicted octanol–water partition coefficient (Wildman–Crippen LogP) is 2.72. The van der Waals surface area contributed by atoms with Gasteiger partial charge in [-0.1, -0.05) is 26.8 Å². The average Bonchev–Trinajstić information content (AvgIpc) is 2.88. The lowest BCUT2D eigenvalue weighted by Gasteiger charge is -2.13. The Balaban J connectivity index is 0.000000686. The molecule has 0 bridgehead atoms. The molecule has 2 rings (SSSR count). The molecular formula is C14H24N2O. The summed E-state index contributed by atoms with van der Waals surface area (Å²) in [7, 11) is 0. The molecule has 0 saturated carbocycles. The first-order valence-electron chi connectivity index (χ1n) is 6.62. The van der Waals surface area contributed by atoms with E-state index < -0.39 is 0 Å². The summed E-state index contributed by atoms with van der Waals surface area (Å²) < 4.78 is 5.82. The molecule has 3 nitrogen and oxygen atoms in total. The SMILES string of the molecule is CC.CCN1CCC(OCc2ccccn2)C1. The van der Waals surface area contributed by atoms with Crippen LogP contribution in [0.15, 0.2) is 24.4 Å². The van der Waals surface area contributed by atoms with E-state index in [-0.39, 0.29) is 0 Å². The Bertz CT molecular complexity index is 290. The molecule has 1 fully saturated rings. The third-order valence-corrected chi connectivity index (χ3v) is 2.87. The number of likely N-dealkylation sites (tertiary alicyclic amines) is 1. The molecule has 1 saturated heterocycles. The van der Waals surface area contributed by atoms with Crippen LogP contribution in [0, 0.1) is 0 Å². The van der Waals surface area contributed by atoms with E-state index in [1.807, 2.05) is 38.2 Å². The smallest absolute Gasteiger partial charge is 0.0892 e. The maximum atomic E-state index is 5.82. The third kappa shape index (κ3) is 4.84. The fraction of sp³-hybridized carbons (Fsp3) is 0.643. The summed E-state index contributed by atoms with van der Waals surface area (Å²) >= 11 is 0. The largest absolute Gasteiger partial charge is 0.371 e. The number of pyridine rings is 1. The Morgan fingerprint density at radius 2 is 2.24 bits per heavy atom. The van der Waals surface area contributed by atoms with E-state index in [0.717, 1.165) is 25.2 Å². The first-order chi connectivity index (χ1) is 8.38. The molecule has 1 aromatic rings. The Hall–Kier alpha value is -0.930. The van der Waals surface area contributed by atoms with Crippen molar-refractivity contribution in [2.45, 2.75) is 39.9 Å². The number of rotatable bonds is 4. The monoisotopic (exact) mass is 236 g/mol. The van der Waals surface area contributed by atoms with Gasteiger partial charge in [0.25, 0.3) is 0 Å². The maximum absolute atomic E-state index is 5.82. The van der Waals surface area contributed by atoms with Crippen LogP contribution in [0.4, 0.5) is 0 Å². The molecule has 0 radical (unpaired) electrons. The highest BCUT2D eigenvalue weighted by atomic mass is 16.5. The van der Waals surface area contributed by atoms with Crippen LogP contribution in [0.25, 0.3) is 0 Å². The van der Waals surface area contributed by atoms with Gasteiger partial charge < -0.3 is 9.64 Å². The van der Waals surface area contributed by atoms with E-state index in [2.05, 4.69) is 16.8 Å². The number of hydrogen-bond acceptors (Lipinski definition) is 3. The van der Waals surface area contributed by atoms with Gasteiger partial charge in [0.15, 0.2) is 0 Å². The molecule has 1 aliphatic rings. The van der Waals surface area contributed by atoms with Crippen LogP contribution >= 0.6 is 0 Å². The van der Waals surface area contributed by atoms with Crippen molar-refractivity contribution in [3.8, 4) is 0 Å². The summed E-state index contributed by atoms with van der Waals surface area (Å²) in [4.78, 5) is 6.66. The van der Waals surface area contributed by atoms with Gasteiger partial charge in [-0.3, -0.25) is 4.98 Å². The first-order valence-corrected chi connectivity index (χ1v) is 6.62. The van der Waals surface area contributed by atoms with Gasteiger partial charge in [0.05, 0.1) is 18.4 Å². The van der Waals surface area contributed by atoms with E-state index >= 15 is 0 Å². The fourth-order valence-corrected chi connectivity index (χ4v) is 1.91. The van der Waals surface area contributed by atoms with Gasteiger partial charge in [-0.2, -0.15) is 0 Å². The van der Waals surface area contributed by atoms with Crippen LogP contribution in [0.3, 0.4) is 0 Å². The molecule has 0 amide bonds. The number of hydrogen-bond donors (Lipinski definition) is 0. The van der Waals surface area contributed by atoms with E-state index in [0.29, 0.717) is 12.7 Å². The summed E-state index contributed by atoms with van der Waals surface area (Å²) in [5.41, 5.74) is 1.02. The molecule has 1 unspecified atom stereocenters. The number of nitrogens with zero attached hydrogens (tertiary/aromatic N) is 2. The van der Waals surface area contributed by atoms with Gasteiger partial charge in [-0.05, 0) is 25.1 Å². The van der Waals surface area contributed by atoms with Gasteiger partial charge in [-0.15, -0.1) is 0 Å². The Labute approximate surface area is 105 Å². The quantitative estimate of drug-likeness (QED) is 0.803. The minimum atomic E-state index is 0.395. The molecular weight excluding hydrogens is 212 g/mol. The summed E-state index contributed by atoms with van der Waals surface area (Å²) in [6.45, 7) is 10.2. The first kappa shape index (κ1) is 14.1. The van der Waals surface area contributed by atoms with Gasteiger partial charge in [0.1, 0.15) is 0 Å². The molecule has 1 aromatic heterocycles. The molecule has 0 aromatic carbocycles. The van der Waals surface area contributed by atoms with Crippen molar-refractivity contribution < 1.29 is 4.74 Å². The zero-order chi connectivity index (χ0) is 12.5. The second-order valence-electron chi connectivity index (χ2n) is 3.94. The highest BCUT2D eigenvalue weighted by Crippen LogP contribution is 2.13. The predicted molar refractivity (Wildman–Crippen MR) is 70.9 cm³/mol. The lowest BCUT2D eigenvalue weighted by atomic mass is 10.3. The van der Waals surface area contributed by atoms with Crippen LogP contribution < -0.4 is 0 Å². The van der Waals surface area contributed by atoms with Gasteiger partial charge in [0.2, 0.25) is 0 Å². The molecule has 1 atom stereocenters. The fourth-order valence-electron chi connectivity index (χ4n) is 1.91. The van der Waals surface area contributed by atoms with Crippen molar-refractivity contribution in [2.24, 2.45) is 0 Å². The second-order valence-corrected chi connectivity index (χ2v) is 3.94. The standard InChI is InChI=1S/C12H18N2O.C2H6/c1-2-14-8-6-12(9-14)15-10-11-5-3-4-7-13-11;1-2/h3-5,7,12H,2,6,8-10H2,1H3;1-2H3. The summed E-state index contributed by atoms with van der Waals surface area (Å²) in [5, 5.41) is 0. The Morgan fingerprint density at radius 1 is 1.41 bits per heavy atom. The number of aromatic nitrogens is 1. The van der Waals surface area contributed by atoms with E-state index in [1.165, 1.54) is 6.54 Å². The zero-order valence-electron chi connectivity index (χ0n) is 11.2. The van der Waals surface area contributed by atoms with Crippen LogP contribution in [0.2, 0.25) is 0 Å². The minimum absolute atomic E-state index is 0.395. The van der Waals surface area contributed by atoms with Crippen molar-refractivity contribution in [1.82, 2.24) is 9.88 Å². The topological polar surface area (TPSA) is 25.4 Å². The van der Waals surface area contributed by atoms with Gasteiger partial charge in [0, 0.05) is 19.3 Å². The summed E-state index contributed by atoms with van der Waals surface area (Å²) in [6.07, 6.45) is 3.36. The second kappa shape index (κ2) is 8.20. The van der Waals surface area contributed by atoms with E-state index in [1.54, 1.807) is 0 Å². The normalized spacial score (nSPS) is 19.8. The molecule has 0 aliphatic carbocycles. The number of likely N-dealkylation sites (N-methyl/N-ethyl adjacent to an activating group) is 1. The molecule has 0 N–H and O–H groups in total. The van der Waals surface area contributed by atoms with Crippen LogP contribution in [0.5, 0.6) is 0 Å². The Kier molecular flexibility index (Phi) is 6.82. The molecule has 2 heterocycles. The maximum Gasteiger partial charge on any atom is 0.0892 e.